The van der Waals surface area contributed by atoms with Crippen LogP contribution in [0.25, 0.3) is 0 Å². The SMILES string of the molecule is CC/C=C\C/C=C\C/C=C\C/C=C\CCCCCCCCCCCCCCC(=O)OC(COC(=O)CCCCCCCC)COC(=O)CCCCCCCCCCCCCCCCC/C=C\C/C=C\CCCCCCC. The van der Waals surface area contributed by atoms with Gasteiger partial charge in [-0.15, -0.1) is 0 Å². The molecule has 0 saturated heterocycles. The molecule has 0 aromatic carbocycles. The minimum Gasteiger partial charge on any atom is -0.462 e. The van der Waals surface area contributed by atoms with Crippen molar-refractivity contribution < 1.29 is 28.6 Å². The van der Waals surface area contributed by atoms with Crippen LogP contribution in [0.4, 0.5) is 0 Å². The summed E-state index contributed by atoms with van der Waals surface area (Å²) in [7, 11) is 0. The minimum absolute atomic E-state index is 0.0729. The Hall–Kier alpha value is -3.15. The smallest absolute Gasteiger partial charge is 0.306 e. The number of carbonyl (C=O) groups is 3. The first-order valence-corrected chi connectivity index (χ1v) is 32.9. The molecule has 0 spiro atoms. The fourth-order valence-corrected chi connectivity index (χ4v) is 9.53. The Bertz CT molecular complexity index is 1400. The van der Waals surface area contributed by atoms with Crippen LogP contribution < -0.4 is 0 Å². The second kappa shape index (κ2) is 64.4. The lowest BCUT2D eigenvalue weighted by Crippen LogP contribution is -2.30. The highest BCUT2D eigenvalue weighted by Gasteiger charge is 2.19. The lowest BCUT2D eigenvalue weighted by molar-refractivity contribution is -0.167. The van der Waals surface area contributed by atoms with Crippen LogP contribution in [0.1, 0.15) is 335 Å². The van der Waals surface area contributed by atoms with Crippen LogP contribution in [0.5, 0.6) is 0 Å². The zero-order valence-corrected chi connectivity index (χ0v) is 50.5. The van der Waals surface area contributed by atoms with E-state index < -0.39 is 6.10 Å². The standard InChI is InChI=1S/C70H124O6/c1-4-7-10-13-16-18-20-22-24-26-28-30-32-34-35-37-38-40-42-44-46-48-50-52-54-57-60-63-69(72)75-66-67(65-74-68(71)62-59-56-15-12-9-6-3)76-70(73)64-61-58-55-53-51-49-47-45-43-41-39-36-33-31-29-27-25-23-21-19-17-14-11-8-5-2/h8,11,17,19-20,22-23,25-26,28-29,31,67H,4-7,9-10,12-16,18,21,24,27,30,32-66H2,1-3H3/b11-8-,19-17-,22-20-,25-23-,28-26-,31-29-. The maximum Gasteiger partial charge on any atom is 0.306 e. The van der Waals surface area contributed by atoms with Crippen molar-refractivity contribution in [2.45, 2.75) is 341 Å². The Morgan fingerprint density at radius 1 is 0.276 bits per heavy atom. The quantitative estimate of drug-likeness (QED) is 0.0261. The number of unbranched alkanes of at least 4 members (excludes halogenated alkanes) is 37. The third kappa shape index (κ3) is 61.7. The molecule has 440 valence electrons. The van der Waals surface area contributed by atoms with E-state index in [9.17, 15) is 14.4 Å². The van der Waals surface area contributed by atoms with Gasteiger partial charge in [-0.2, -0.15) is 0 Å². The summed E-state index contributed by atoms with van der Waals surface area (Å²) in [5.41, 5.74) is 0. The van der Waals surface area contributed by atoms with E-state index in [1.807, 2.05) is 0 Å². The number of hydrogen-bond donors (Lipinski definition) is 0. The number of carbonyl (C=O) groups excluding carboxylic acids is 3. The van der Waals surface area contributed by atoms with Gasteiger partial charge in [0.25, 0.3) is 0 Å². The molecule has 0 fully saturated rings. The number of rotatable bonds is 60. The fraction of sp³-hybridized carbons (Fsp3) is 0.786. The molecule has 0 rings (SSSR count). The van der Waals surface area contributed by atoms with Gasteiger partial charge in [0.15, 0.2) is 6.10 Å². The summed E-state index contributed by atoms with van der Waals surface area (Å²) in [6.07, 6.45) is 83.8. The molecule has 6 heteroatoms. The first-order valence-electron chi connectivity index (χ1n) is 32.9. The van der Waals surface area contributed by atoms with Crippen LogP contribution in [-0.2, 0) is 28.6 Å². The molecule has 76 heavy (non-hydrogen) atoms. The molecule has 0 N–H and O–H groups in total. The normalized spacial score (nSPS) is 12.5. The molecule has 0 amide bonds. The van der Waals surface area contributed by atoms with Gasteiger partial charge in [0, 0.05) is 19.3 Å². The van der Waals surface area contributed by atoms with Crippen molar-refractivity contribution in [1.29, 1.82) is 0 Å². The highest BCUT2D eigenvalue weighted by Crippen LogP contribution is 2.17. The van der Waals surface area contributed by atoms with E-state index in [1.54, 1.807) is 0 Å². The predicted molar refractivity (Wildman–Crippen MR) is 330 cm³/mol. The zero-order valence-electron chi connectivity index (χ0n) is 50.5. The number of allylic oxidation sites excluding steroid dienone is 12. The summed E-state index contributed by atoms with van der Waals surface area (Å²) in [5.74, 6) is -0.870. The predicted octanol–water partition coefficient (Wildman–Crippen LogP) is 22.5. The van der Waals surface area contributed by atoms with Crippen LogP contribution in [0.15, 0.2) is 72.9 Å². The van der Waals surface area contributed by atoms with Gasteiger partial charge < -0.3 is 14.2 Å². The van der Waals surface area contributed by atoms with E-state index in [0.717, 1.165) is 89.9 Å². The Morgan fingerprint density at radius 3 is 0.803 bits per heavy atom. The molecular weight excluding hydrogens is 937 g/mol. The molecular formula is C70H124O6. The summed E-state index contributed by atoms with van der Waals surface area (Å²) >= 11 is 0. The molecule has 0 bridgehead atoms. The van der Waals surface area contributed by atoms with E-state index in [1.165, 1.54) is 205 Å². The molecule has 0 aromatic heterocycles. The molecule has 0 aromatic rings. The Balaban J connectivity index is 4.05. The van der Waals surface area contributed by atoms with Crippen LogP contribution in [-0.4, -0.2) is 37.2 Å². The van der Waals surface area contributed by atoms with Crippen molar-refractivity contribution in [2.24, 2.45) is 0 Å². The molecule has 0 saturated carbocycles. The van der Waals surface area contributed by atoms with Crippen molar-refractivity contribution in [3.8, 4) is 0 Å². The first-order chi connectivity index (χ1) is 37.5. The topological polar surface area (TPSA) is 78.9 Å². The zero-order chi connectivity index (χ0) is 55.0. The van der Waals surface area contributed by atoms with Gasteiger partial charge >= 0.3 is 17.9 Å². The van der Waals surface area contributed by atoms with Gasteiger partial charge in [0.1, 0.15) is 13.2 Å². The van der Waals surface area contributed by atoms with Crippen LogP contribution in [0, 0.1) is 0 Å². The van der Waals surface area contributed by atoms with E-state index in [-0.39, 0.29) is 31.1 Å². The maximum absolute atomic E-state index is 12.9. The molecule has 0 aliphatic heterocycles. The first kappa shape index (κ1) is 72.8. The van der Waals surface area contributed by atoms with Gasteiger partial charge in [-0.25, -0.2) is 0 Å². The Kier molecular flexibility index (Phi) is 61.7. The van der Waals surface area contributed by atoms with Gasteiger partial charge in [-0.3, -0.25) is 14.4 Å². The molecule has 0 radical (unpaired) electrons. The molecule has 0 heterocycles. The minimum atomic E-state index is -0.773. The highest BCUT2D eigenvalue weighted by molar-refractivity contribution is 5.71. The number of ether oxygens (including phenoxy) is 3. The summed E-state index contributed by atoms with van der Waals surface area (Å²) in [4.78, 5) is 38.0. The lowest BCUT2D eigenvalue weighted by Gasteiger charge is -2.18. The molecule has 1 atom stereocenters. The maximum atomic E-state index is 12.9. The lowest BCUT2D eigenvalue weighted by atomic mass is 10.0. The average Bonchev–Trinajstić information content (AvgIpc) is 3.42. The Morgan fingerprint density at radius 2 is 0.513 bits per heavy atom. The van der Waals surface area contributed by atoms with Crippen molar-refractivity contribution in [1.82, 2.24) is 0 Å². The second-order valence-corrected chi connectivity index (χ2v) is 22.0. The summed E-state index contributed by atoms with van der Waals surface area (Å²) < 4.78 is 16.8. The van der Waals surface area contributed by atoms with Gasteiger partial charge in [0.05, 0.1) is 0 Å². The van der Waals surface area contributed by atoms with Gasteiger partial charge in [0.2, 0.25) is 0 Å². The van der Waals surface area contributed by atoms with E-state index in [2.05, 4.69) is 93.7 Å². The monoisotopic (exact) mass is 1060 g/mol. The van der Waals surface area contributed by atoms with E-state index in [4.69, 9.17) is 14.2 Å². The Labute approximate surface area is 472 Å². The molecule has 6 nitrogen and oxygen atoms in total. The van der Waals surface area contributed by atoms with Gasteiger partial charge in [-0.05, 0) is 89.9 Å². The number of hydrogen-bond acceptors (Lipinski definition) is 6. The van der Waals surface area contributed by atoms with Crippen molar-refractivity contribution in [3.63, 3.8) is 0 Å². The molecule has 0 aliphatic rings. The van der Waals surface area contributed by atoms with Crippen LogP contribution in [0.2, 0.25) is 0 Å². The van der Waals surface area contributed by atoms with E-state index >= 15 is 0 Å². The molecule has 1 unspecified atom stereocenters. The summed E-state index contributed by atoms with van der Waals surface area (Å²) in [6.45, 7) is 6.50. The van der Waals surface area contributed by atoms with Gasteiger partial charge in [-0.1, -0.05) is 299 Å². The highest BCUT2D eigenvalue weighted by atomic mass is 16.6. The summed E-state index contributed by atoms with van der Waals surface area (Å²) in [6, 6.07) is 0. The fourth-order valence-electron chi connectivity index (χ4n) is 9.53. The van der Waals surface area contributed by atoms with Crippen molar-refractivity contribution in [2.75, 3.05) is 13.2 Å². The largest absolute Gasteiger partial charge is 0.462 e. The average molecular weight is 1060 g/mol. The van der Waals surface area contributed by atoms with Crippen molar-refractivity contribution in [3.05, 3.63) is 72.9 Å². The number of esters is 3. The molecule has 0 aliphatic carbocycles. The van der Waals surface area contributed by atoms with E-state index in [0.29, 0.717) is 19.3 Å². The van der Waals surface area contributed by atoms with Crippen molar-refractivity contribution >= 4 is 17.9 Å². The third-order valence-corrected chi connectivity index (χ3v) is 14.4. The van der Waals surface area contributed by atoms with Crippen LogP contribution in [0.3, 0.4) is 0 Å². The second-order valence-electron chi connectivity index (χ2n) is 22.0. The third-order valence-electron chi connectivity index (χ3n) is 14.4. The van der Waals surface area contributed by atoms with Crippen LogP contribution >= 0.6 is 0 Å². The summed E-state index contributed by atoms with van der Waals surface area (Å²) in [5, 5.41) is 0.